The van der Waals surface area contributed by atoms with Gasteiger partial charge in [-0.1, -0.05) is 17.3 Å². The van der Waals surface area contributed by atoms with Crippen LogP contribution in [0.1, 0.15) is 0 Å². The van der Waals surface area contributed by atoms with Gasteiger partial charge in [0.2, 0.25) is 0 Å². The Labute approximate surface area is 93.8 Å². The quantitative estimate of drug-likeness (QED) is 0.828. The Bertz CT molecular complexity index is 467. The fourth-order valence-electron chi connectivity index (χ4n) is 1.52. The second kappa shape index (κ2) is 4.76. The molecular weight excluding hydrogens is 204 g/mol. The number of nitrogens with two attached hydrogens (primary N) is 1. The topological polar surface area (TPSA) is 66.0 Å². The highest BCUT2D eigenvalue weighted by atomic mass is 16.5. The Kier molecular flexibility index (Phi) is 3.16. The lowest BCUT2D eigenvalue weighted by molar-refractivity contribution is 0.416. The van der Waals surface area contributed by atoms with E-state index in [4.69, 9.17) is 10.5 Å². The van der Waals surface area contributed by atoms with Crippen molar-refractivity contribution in [2.24, 2.45) is 5.73 Å². The summed E-state index contributed by atoms with van der Waals surface area (Å²) in [6.45, 7) is 1.22. The molecule has 0 aliphatic heterocycles. The Morgan fingerprint density at radius 1 is 1.38 bits per heavy atom. The highest BCUT2D eigenvalue weighted by Crippen LogP contribution is 2.27. The number of ether oxygens (including phenoxy) is 1. The molecule has 0 unspecified atom stereocenters. The molecule has 0 bridgehead atoms. The molecule has 0 fully saturated rings. The van der Waals surface area contributed by atoms with Crippen molar-refractivity contribution in [1.29, 1.82) is 0 Å². The Balaban J connectivity index is 2.34. The number of aromatic nitrogens is 3. The molecule has 5 nitrogen and oxygen atoms in total. The molecule has 2 rings (SSSR count). The maximum absolute atomic E-state index is 5.45. The number of methoxy groups -OCH3 is 1. The van der Waals surface area contributed by atoms with Crippen LogP contribution < -0.4 is 10.5 Å². The molecule has 0 atom stereocenters. The fourth-order valence-corrected chi connectivity index (χ4v) is 1.52. The highest BCUT2D eigenvalue weighted by molar-refractivity contribution is 5.65. The zero-order chi connectivity index (χ0) is 11.4. The second-order valence-electron chi connectivity index (χ2n) is 3.36. The molecule has 16 heavy (non-hydrogen) atoms. The van der Waals surface area contributed by atoms with Gasteiger partial charge in [0.15, 0.2) is 0 Å². The molecule has 0 aliphatic carbocycles. The molecule has 1 aromatic heterocycles. The lowest BCUT2D eigenvalue weighted by Gasteiger charge is -2.04. The molecule has 0 radical (unpaired) electrons. The van der Waals surface area contributed by atoms with Crippen LogP contribution in [0.2, 0.25) is 0 Å². The third kappa shape index (κ3) is 2.04. The summed E-state index contributed by atoms with van der Waals surface area (Å²) in [4.78, 5) is 0. The molecule has 0 aliphatic rings. The number of para-hydroxylation sites is 1. The first-order chi connectivity index (χ1) is 7.85. The smallest absolute Gasteiger partial charge is 0.128 e. The largest absolute Gasteiger partial charge is 0.496 e. The van der Waals surface area contributed by atoms with Crippen LogP contribution in [0.15, 0.2) is 30.5 Å². The molecule has 0 saturated heterocycles. The molecule has 1 aromatic carbocycles. The lowest BCUT2D eigenvalue weighted by Crippen LogP contribution is -2.10. The van der Waals surface area contributed by atoms with Crippen LogP contribution in [0.5, 0.6) is 5.75 Å². The van der Waals surface area contributed by atoms with Crippen molar-refractivity contribution in [1.82, 2.24) is 15.0 Å². The third-order valence-electron chi connectivity index (χ3n) is 2.28. The summed E-state index contributed by atoms with van der Waals surface area (Å²) in [5.41, 5.74) is 7.19. The van der Waals surface area contributed by atoms with Gasteiger partial charge in [0.25, 0.3) is 0 Å². The third-order valence-corrected chi connectivity index (χ3v) is 2.28. The van der Waals surface area contributed by atoms with Crippen molar-refractivity contribution in [3.63, 3.8) is 0 Å². The predicted octanol–water partition coefficient (Wildman–Crippen LogP) is 0.912. The maximum atomic E-state index is 5.45. The minimum absolute atomic E-state index is 0.550. The van der Waals surface area contributed by atoms with Crippen LogP contribution in [-0.4, -0.2) is 28.6 Å². The number of hydrogen-bond donors (Lipinski definition) is 1. The highest BCUT2D eigenvalue weighted by Gasteiger charge is 2.08. The van der Waals surface area contributed by atoms with Gasteiger partial charge in [-0.3, -0.25) is 4.68 Å². The summed E-state index contributed by atoms with van der Waals surface area (Å²) < 4.78 is 6.99. The van der Waals surface area contributed by atoms with Gasteiger partial charge < -0.3 is 10.5 Å². The van der Waals surface area contributed by atoms with E-state index >= 15 is 0 Å². The van der Waals surface area contributed by atoms with Crippen LogP contribution in [0.4, 0.5) is 0 Å². The van der Waals surface area contributed by atoms with E-state index in [-0.39, 0.29) is 0 Å². The summed E-state index contributed by atoms with van der Waals surface area (Å²) >= 11 is 0. The van der Waals surface area contributed by atoms with E-state index in [9.17, 15) is 0 Å². The number of rotatable bonds is 4. The molecule has 2 N–H and O–H groups in total. The van der Waals surface area contributed by atoms with Gasteiger partial charge in [0.1, 0.15) is 11.4 Å². The second-order valence-corrected chi connectivity index (χ2v) is 3.36. The molecule has 0 saturated carbocycles. The van der Waals surface area contributed by atoms with E-state index in [1.54, 1.807) is 11.8 Å². The predicted molar refractivity (Wildman–Crippen MR) is 61.1 cm³/mol. The van der Waals surface area contributed by atoms with Crippen LogP contribution in [0.3, 0.4) is 0 Å². The Hall–Kier alpha value is -1.88. The van der Waals surface area contributed by atoms with Crippen molar-refractivity contribution in [2.75, 3.05) is 13.7 Å². The monoisotopic (exact) mass is 218 g/mol. The molecule has 1 heterocycles. The van der Waals surface area contributed by atoms with Crippen LogP contribution >= 0.6 is 0 Å². The van der Waals surface area contributed by atoms with E-state index < -0.39 is 0 Å². The minimum Gasteiger partial charge on any atom is -0.496 e. The van der Waals surface area contributed by atoms with Crippen LogP contribution in [-0.2, 0) is 6.54 Å². The van der Waals surface area contributed by atoms with Crippen molar-refractivity contribution < 1.29 is 4.74 Å². The van der Waals surface area contributed by atoms with Crippen LogP contribution in [0, 0.1) is 0 Å². The summed E-state index contributed by atoms with van der Waals surface area (Å²) in [5, 5.41) is 8.08. The number of nitrogens with zero attached hydrogens (tertiary/aromatic N) is 3. The van der Waals surface area contributed by atoms with E-state index in [0.717, 1.165) is 17.0 Å². The number of benzene rings is 1. The van der Waals surface area contributed by atoms with Gasteiger partial charge in [-0.05, 0) is 12.1 Å². The zero-order valence-electron chi connectivity index (χ0n) is 9.13. The average Bonchev–Trinajstić information content (AvgIpc) is 2.78. The van der Waals surface area contributed by atoms with Gasteiger partial charge in [-0.15, -0.1) is 5.10 Å². The molecule has 0 amide bonds. The fraction of sp³-hybridized carbons (Fsp3) is 0.273. The summed E-state index contributed by atoms with van der Waals surface area (Å²) in [5.74, 6) is 0.794. The van der Waals surface area contributed by atoms with Gasteiger partial charge in [-0.2, -0.15) is 0 Å². The molecular formula is C11H14N4O. The van der Waals surface area contributed by atoms with E-state index in [1.807, 2.05) is 30.5 Å². The normalized spacial score (nSPS) is 10.4. The Morgan fingerprint density at radius 2 is 2.19 bits per heavy atom. The first-order valence-corrected chi connectivity index (χ1v) is 5.08. The van der Waals surface area contributed by atoms with Gasteiger partial charge >= 0.3 is 0 Å². The molecule has 2 aromatic rings. The van der Waals surface area contributed by atoms with Crippen LogP contribution in [0.25, 0.3) is 11.3 Å². The van der Waals surface area contributed by atoms with E-state index in [1.165, 1.54) is 0 Å². The summed E-state index contributed by atoms with van der Waals surface area (Å²) in [6.07, 6.45) is 1.87. The van der Waals surface area contributed by atoms with Gasteiger partial charge in [0, 0.05) is 12.1 Å². The average molecular weight is 218 g/mol. The molecule has 0 spiro atoms. The summed E-state index contributed by atoms with van der Waals surface area (Å²) in [6, 6.07) is 7.72. The van der Waals surface area contributed by atoms with Crippen molar-refractivity contribution in [3.05, 3.63) is 30.5 Å². The zero-order valence-corrected chi connectivity index (χ0v) is 9.13. The number of hydrogen-bond acceptors (Lipinski definition) is 4. The Morgan fingerprint density at radius 3 is 2.94 bits per heavy atom. The van der Waals surface area contributed by atoms with Crippen molar-refractivity contribution >= 4 is 0 Å². The van der Waals surface area contributed by atoms with Crippen molar-refractivity contribution in [2.45, 2.75) is 6.54 Å². The molecule has 84 valence electrons. The van der Waals surface area contributed by atoms with E-state index in [0.29, 0.717) is 13.1 Å². The maximum Gasteiger partial charge on any atom is 0.128 e. The SMILES string of the molecule is COc1ccccc1-c1cn(CCN)nn1. The van der Waals surface area contributed by atoms with E-state index in [2.05, 4.69) is 10.3 Å². The van der Waals surface area contributed by atoms with Gasteiger partial charge in [0.05, 0.1) is 19.9 Å². The lowest BCUT2D eigenvalue weighted by atomic mass is 10.1. The first-order valence-electron chi connectivity index (χ1n) is 5.08. The minimum atomic E-state index is 0.550. The summed E-state index contributed by atoms with van der Waals surface area (Å²) in [7, 11) is 1.64. The standard InChI is InChI=1S/C11H14N4O/c1-16-11-5-3-2-4-9(11)10-8-15(7-6-12)14-13-10/h2-5,8H,6-7,12H2,1H3. The molecule has 5 heteroatoms. The first kappa shape index (κ1) is 10.6. The van der Waals surface area contributed by atoms with Gasteiger partial charge in [-0.25, -0.2) is 0 Å². The van der Waals surface area contributed by atoms with Crippen molar-refractivity contribution in [3.8, 4) is 17.0 Å².